The van der Waals surface area contributed by atoms with E-state index in [0.717, 1.165) is 19.3 Å². The molecule has 19 heavy (non-hydrogen) atoms. The third-order valence-electron chi connectivity index (χ3n) is 2.78. The highest BCUT2D eigenvalue weighted by molar-refractivity contribution is 6.75. The van der Waals surface area contributed by atoms with E-state index in [1.54, 1.807) is 11.6 Å². The molecule has 1 rings (SSSR count). The van der Waals surface area contributed by atoms with E-state index in [2.05, 4.69) is 17.2 Å². The van der Waals surface area contributed by atoms with Gasteiger partial charge in [0, 0.05) is 6.54 Å². The SMILES string of the molecule is CCCCCCn1nnc(C)c1C(Cl)(Cl)C(Cl)(Cl)Cl. The Hall–Kier alpha value is 0.590. The molecule has 0 amide bonds. The van der Waals surface area contributed by atoms with Crippen LogP contribution in [0.5, 0.6) is 0 Å². The Labute approximate surface area is 138 Å². The van der Waals surface area contributed by atoms with Crippen LogP contribution in [0, 0.1) is 6.92 Å². The van der Waals surface area contributed by atoms with Crippen LogP contribution in [0.2, 0.25) is 0 Å². The first-order valence-electron chi connectivity index (χ1n) is 6.07. The summed E-state index contributed by atoms with van der Waals surface area (Å²) in [4.78, 5) is 0. The van der Waals surface area contributed by atoms with Gasteiger partial charge in [0.1, 0.15) is 5.69 Å². The predicted molar refractivity (Wildman–Crippen MR) is 82.6 cm³/mol. The Kier molecular flexibility index (Phi) is 6.53. The van der Waals surface area contributed by atoms with Gasteiger partial charge < -0.3 is 0 Å². The topological polar surface area (TPSA) is 30.7 Å². The van der Waals surface area contributed by atoms with Crippen molar-refractivity contribution in [3.05, 3.63) is 11.4 Å². The summed E-state index contributed by atoms with van der Waals surface area (Å²) in [5.41, 5.74) is 0.999. The molecule has 0 unspecified atom stereocenters. The average molecular weight is 368 g/mol. The number of hydrogen-bond acceptors (Lipinski definition) is 2. The van der Waals surface area contributed by atoms with E-state index in [0.29, 0.717) is 17.9 Å². The highest BCUT2D eigenvalue weighted by atomic mass is 35.6. The van der Waals surface area contributed by atoms with Crippen LogP contribution >= 0.6 is 58.0 Å². The molecule has 0 radical (unpaired) electrons. The standard InChI is InChI=1S/C11H16Cl5N3/c1-3-4-5-6-7-19-9(8(2)17-18-19)10(12,13)11(14,15)16/h3-7H2,1-2H3. The number of aromatic nitrogens is 3. The molecule has 0 aromatic carbocycles. The molecule has 110 valence electrons. The van der Waals surface area contributed by atoms with Gasteiger partial charge in [0.25, 0.3) is 0 Å². The quantitative estimate of drug-likeness (QED) is 0.513. The van der Waals surface area contributed by atoms with E-state index >= 15 is 0 Å². The van der Waals surface area contributed by atoms with Gasteiger partial charge in [-0.05, 0) is 13.3 Å². The van der Waals surface area contributed by atoms with Crippen LogP contribution in [-0.2, 0) is 10.9 Å². The van der Waals surface area contributed by atoms with Crippen molar-refractivity contribution in [2.45, 2.75) is 54.2 Å². The van der Waals surface area contributed by atoms with Crippen molar-refractivity contribution in [3.8, 4) is 0 Å². The van der Waals surface area contributed by atoms with Gasteiger partial charge >= 0.3 is 0 Å². The lowest BCUT2D eigenvalue weighted by Crippen LogP contribution is -2.32. The van der Waals surface area contributed by atoms with Crippen LogP contribution in [-0.4, -0.2) is 18.8 Å². The van der Waals surface area contributed by atoms with Crippen molar-refractivity contribution in [1.29, 1.82) is 0 Å². The summed E-state index contributed by atoms with van der Waals surface area (Å²) >= 11 is 29.9. The molecular formula is C11H16Cl5N3. The summed E-state index contributed by atoms with van der Waals surface area (Å²) in [7, 11) is 0. The van der Waals surface area contributed by atoms with E-state index < -0.39 is 8.13 Å². The zero-order chi connectivity index (χ0) is 14.7. The number of halogens is 5. The molecule has 0 saturated heterocycles. The van der Waals surface area contributed by atoms with E-state index in [-0.39, 0.29) is 0 Å². The van der Waals surface area contributed by atoms with Gasteiger partial charge in [-0.25, -0.2) is 4.68 Å². The van der Waals surface area contributed by atoms with Crippen LogP contribution in [0.15, 0.2) is 0 Å². The normalized spacial score (nSPS) is 13.0. The van der Waals surface area contributed by atoms with Crippen LogP contribution in [0.1, 0.15) is 44.0 Å². The summed E-state index contributed by atoms with van der Waals surface area (Å²) in [6.45, 7) is 4.54. The first kappa shape index (κ1) is 17.6. The second kappa shape index (κ2) is 7.04. The average Bonchev–Trinajstić information content (AvgIpc) is 2.65. The largest absolute Gasteiger partial charge is 0.246 e. The van der Waals surface area contributed by atoms with E-state index in [1.165, 1.54) is 6.42 Å². The number of unbranched alkanes of at least 4 members (excludes halogenated alkanes) is 3. The molecule has 0 aliphatic heterocycles. The molecule has 0 spiro atoms. The first-order chi connectivity index (χ1) is 8.71. The number of aryl methyl sites for hydroxylation is 2. The van der Waals surface area contributed by atoms with Crippen LogP contribution < -0.4 is 0 Å². The van der Waals surface area contributed by atoms with Crippen molar-refractivity contribution in [1.82, 2.24) is 15.0 Å². The van der Waals surface area contributed by atoms with Gasteiger partial charge in [0.05, 0.1) is 5.69 Å². The second-order valence-electron chi connectivity index (χ2n) is 4.38. The highest BCUT2D eigenvalue weighted by Crippen LogP contribution is 2.53. The molecule has 0 aliphatic rings. The van der Waals surface area contributed by atoms with Crippen LogP contribution in [0.4, 0.5) is 0 Å². The van der Waals surface area contributed by atoms with Crippen molar-refractivity contribution >= 4 is 58.0 Å². The zero-order valence-corrected chi connectivity index (χ0v) is 14.5. The monoisotopic (exact) mass is 365 g/mol. The molecule has 0 atom stereocenters. The number of nitrogens with zero attached hydrogens (tertiary/aromatic N) is 3. The Balaban J connectivity index is 2.92. The van der Waals surface area contributed by atoms with Gasteiger partial charge in [-0.3, -0.25) is 0 Å². The van der Waals surface area contributed by atoms with Crippen molar-refractivity contribution in [2.75, 3.05) is 0 Å². The Morgan fingerprint density at radius 1 is 1.05 bits per heavy atom. The number of hydrogen-bond donors (Lipinski definition) is 0. The predicted octanol–water partition coefficient (Wildman–Crippen LogP) is 5.17. The van der Waals surface area contributed by atoms with Gasteiger partial charge in [-0.15, -0.1) is 5.10 Å². The fourth-order valence-electron chi connectivity index (χ4n) is 1.77. The maximum Gasteiger partial charge on any atom is 0.228 e. The van der Waals surface area contributed by atoms with Gasteiger partial charge in [0.15, 0.2) is 0 Å². The van der Waals surface area contributed by atoms with Gasteiger partial charge in [0.2, 0.25) is 8.13 Å². The molecule has 0 bridgehead atoms. The minimum absolute atomic E-state index is 0.437. The summed E-state index contributed by atoms with van der Waals surface area (Å²) in [5, 5.41) is 7.98. The Morgan fingerprint density at radius 2 is 1.68 bits per heavy atom. The lowest BCUT2D eigenvalue weighted by atomic mass is 10.2. The lowest BCUT2D eigenvalue weighted by molar-refractivity contribution is 0.504. The van der Waals surface area contributed by atoms with Gasteiger partial charge in [-0.2, -0.15) is 0 Å². The zero-order valence-electron chi connectivity index (χ0n) is 10.8. The summed E-state index contributed by atoms with van der Waals surface area (Å²) in [5.74, 6) is 0. The fourth-order valence-corrected chi connectivity index (χ4v) is 2.51. The molecule has 8 heteroatoms. The Bertz CT molecular complexity index is 411. The van der Waals surface area contributed by atoms with E-state index in [9.17, 15) is 0 Å². The number of rotatable bonds is 6. The summed E-state index contributed by atoms with van der Waals surface area (Å²) in [6.07, 6.45) is 4.38. The highest BCUT2D eigenvalue weighted by Gasteiger charge is 2.50. The third kappa shape index (κ3) is 4.28. The molecule has 1 aromatic rings. The summed E-state index contributed by atoms with van der Waals surface area (Å²) in [6, 6.07) is 0. The maximum absolute atomic E-state index is 6.20. The number of alkyl halides is 5. The van der Waals surface area contributed by atoms with Crippen molar-refractivity contribution < 1.29 is 0 Å². The van der Waals surface area contributed by atoms with Crippen LogP contribution in [0.3, 0.4) is 0 Å². The van der Waals surface area contributed by atoms with Crippen LogP contribution in [0.25, 0.3) is 0 Å². The molecule has 0 aliphatic carbocycles. The lowest BCUT2D eigenvalue weighted by Gasteiger charge is -2.28. The molecule has 0 saturated carbocycles. The third-order valence-corrected chi connectivity index (χ3v) is 5.14. The minimum atomic E-state index is -1.86. The minimum Gasteiger partial charge on any atom is -0.246 e. The maximum atomic E-state index is 6.20. The molecule has 1 heterocycles. The fraction of sp³-hybridized carbons (Fsp3) is 0.818. The van der Waals surface area contributed by atoms with E-state index in [1.807, 2.05) is 0 Å². The van der Waals surface area contributed by atoms with Crippen molar-refractivity contribution in [2.24, 2.45) is 0 Å². The molecule has 0 N–H and O–H groups in total. The smallest absolute Gasteiger partial charge is 0.228 e. The molecule has 1 aromatic heterocycles. The molecule has 0 fully saturated rings. The summed E-state index contributed by atoms with van der Waals surface area (Å²) < 4.78 is -1.92. The molecule has 3 nitrogen and oxygen atoms in total. The van der Waals surface area contributed by atoms with E-state index in [4.69, 9.17) is 58.0 Å². The Morgan fingerprint density at radius 3 is 2.21 bits per heavy atom. The molecular weight excluding hydrogens is 351 g/mol. The van der Waals surface area contributed by atoms with Crippen molar-refractivity contribution in [3.63, 3.8) is 0 Å². The van der Waals surface area contributed by atoms with Gasteiger partial charge in [-0.1, -0.05) is 89.4 Å². The second-order valence-corrected chi connectivity index (χ2v) is 7.99. The first-order valence-corrected chi connectivity index (χ1v) is 7.96.